The van der Waals surface area contributed by atoms with Crippen LogP contribution in [-0.2, 0) is 22.2 Å². The summed E-state index contributed by atoms with van der Waals surface area (Å²) in [5, 5.41) is 14.1. The number of aliphatic hydroxyl groups is 1. The van der Waals surface area contributed by atoms with Gasteiger partial charge < -0.3 is 30.2 Å². The van der Waals surface area contributed by atoms with Crippen LogP contribution >= 0.6 is 0 Å². The van der Waals surface area contributed by atoms with Crippen molar-refractivity contribution in [1.29, 1.82) is 0 Å². The first-order valence-corrected chi connectivity index (χ1v) is 11.7. The van der Waals surface area contributed by atoms with Gasteiger partial charge >= 0.3 is 6.29 Å². The van der Waals surface area contributed by atoms with Gasteiger partial charge in [0.15, 0.2) is 11.5 Å². The number of nitrogens with zero attached hydrogens (tertiary/aromatic N) is 1. The van der Waals surface area contributed by atoms with Gasteiger partial charge in [0.25, 0.3) is 0 Å². The van der Waals surface area contributed by atoms with E-state index in [1.807, 2.05) is 18.2 Å². The fraction of sp³-hybridized carbons (Fsp3) is 0.423. The van der Waals surface area contributed by atoms with Gasteiger partial charge in [0.1, 0.15) is 0 Å². The Morgan fingerprint density at radius 3 is 2.54 bits per heavy atom. The van der Waals surface area contributed by atoms with E-state index >= 15 is 0 Å². The quantitative estimate of drug-likeness (QED) is 0.465. The number of ether oxygens (including phenoxy) is 2. The van der Waals surface area contributed by atoms with E-state index in [-0.39, 0.29) is 32.2 Å². The summed E-state index contributed by atoms with van der Waals surface area (Å²) < 4.78 is 37.9. The van der Waals surface area contributed by atoms with Gasteiger partial charge in [-0.15, -0.1) is 8.78 Å². The molecule has 2 aromatic carbocycles. The van der Waals surface area contributed by atoms with Crippen molar-refractivity contribution in [2.45, 2.75) is 63.4 Å². The average Bonchev–Trinajstić information content (AvgIpc) is 3.42. The molecule has 9 heteroatoms. The number of aromatic nitrogens is 1. The topological polar surface area (TPSA) is 98.7 Å². The maximum atomic E-state index is 13.4. The Bertz CT molecular complexity index is 1320. The zero-order valence-corrected chi connectivity index (χ0v) is 19.9. The molecule has 0 bridgehead atoms. The molecule has 4 N–H and O–H groups in total. The summed E-state index contributed by atoms with van der Waals surface area (Å²) in [6, 6.07) is 12.2. The lowest BCUT2D eigenvalue weighted by Gasteiger charge is -2.23. The van der Waals surface area contributed by atoms with Gasteiger partial charge in [0.05, 0.1) is 18.1 Å². The molecule has 2 heterocycles. The molecule has 1 atom stereocenters. The largest absolute Gasteiger partial charge is 0.586 e. The summed E-state index contributed by atoms with van der Waals surface area (Å²) in [7, 11) is 0. The van der Waals surface area contributed by atoms with Crippen molar-refractivity contribution in [3.05, 3.63) is 53.7 Å². The highest BCUT2D eigenvalue weighted by Crippen LogP contribution is 2.52. The second-order valence-corrected chi connectivity index (χ2v) is 10.4. The zero-order valence-electron chi connectivity index (χ0n) is 19.9. The Morgan fingerprint density at radius 2 is 1.89 bits per heavy atom. The number of carbonyl (C=O) groups excluding carboxylic acids is 1. The van der Waals surface area contributed by atoms with Crippen LogP contribution in [0, 0.1) is 0 Å². The number of alkyl halides is 2. The van der Waals surface area contributed by atoms with E-state index in [2.05, 4.69) is 46.2 Å². The van der Waals surface area contributed by atoms with Crippen molar-refractivity contribution in [3.8, 4) is 11.5 Å². The molecule has 1 aliphatic heterocycles. The van der Waals surface area contributed by atoms with Gasteiger partial charge in [-0.25, -0.2) is 0 Å². The second kappa shape index (κ2) is 7.93. The number of anilines is 1. The monoisotopic (exact) mass is 489 g/mol. The van der Waals surface area contributed by atoms with Crippen molar-refractivity contribution in [1.82, 2.24) is 4.57 Å². The molecule has 2 aliphatic rings. The normalized spacial score (nSPS) is 18.5. The summed E-state index contributed by atoms with van der Waals surface area (Å²) in [6.07, 6.45) is -3.14. The van der Waals surface area contributed by atoms with E-state index in [0.717, 1.165) is 16.6 Å². The fourth-order valence-corrected chi connectivity index (χ4v) is 4.72. The Labute approximate surface area is 204 Å². The van der Waals surface area contributed by atoms with Crippen LogP contribution in [-0.4, -0.2) is 34.5 Å². The number of nitrogens with two attached hydrogens (primary N) is 1. The molecular formula is C26H33F2N3O4. The standard InChI is InChI=1S/C26H29F2N3O4.2H2/c1-24(2,3)22-11-15-10-17(5-6-19(15)31(22)14-18(32)13-29)30-23(33)25(8-9-25)16-4-7-20-21(12-16)35-26(27,28)34-20;;/h4-7,10-12,18,32H,8-9,13-14,29H2,1-3H3,(H,30,33);2*1H. The molecule has 190 valence electrons. The fourth-order valence-electron chi connectivity index (χ4n) is 4.72. The molecule has 0 radical (unpaired) electrons. The summed E-state index contributed by atoms with van der Waals surface area (Å²) in [4.78, 5) is 13.3. The summed E-state index contributed by atoms with van der Waals surface area (Å²) in [6.45, 7) is 6.86. The molecule has 1 aliphatic carbocycles. The number of benzene rings is 2. The van der Waals surface area contributed by atoms with Crippen molar-refractivity contribution >= 4 is 22.5 Å². The van der Waals surface area contributed by atoms with E-state index in [4.69, 9.17) is 5.73 Å². The lowest BCUT2D eigenvalue weighted by atomic mass is 9.92. The molecule has 0 saturated heterocycles. The highest BCUT2D eigenvalue weighted by Gasteiger charge is 2.52. The Balaban J connectivity index is 0.00000190. The van der Waals surface area contributed by atoms with E-state index in [0.29, 0.717) is 30.6 Å². The van der Waals surface area contributed by atoms with E-state index < -0.39 is 17.8 Å². The predicted molar refractivity (Wildman–Crippen MR) is 132 cm³/mol. The molecule has 3 aromatic rings. The van der Waals surface area contributed by atoms with Crippen LogP contribution in [0.2, 0.25) is 0 Å². The molecule has 7 nitrogen and oxygen atoms in total. The van der Waals surface area contributed by atoms with Gasteiger partial charge in [0, 0.05) is 37.1 Å². The third-order valence-corrected chi connectivity index (χ3v) is 6.73. The maximum absolute atomic E-state index is 13.4. The molecule has 35 heavy (non-hydrogen) atoms. The van der Waals surface area contributed by atoms with Crippen molar-refractivity contribution in [2.75, 3.05) is 11.9 Å². The lowest BCUT2D eigenvalue weighted by Crippen LogP contribution is -2.28. The SMILES string of the molecule is CC(C)(C)c1cc2cc(NC(=O)C3(c4ccc5c(c4)OC(F)(F)O5)CC3)ccc2n1CC(O)CN.[HH].[HH]. The lowest BCUT2D eigenvalue weighted by molar-refractivity contribution is -0.286. The summed E-state index contributed by atoms with van der Waals surface area (Å²) >= 11 is 0. The van der Waals surface area contributed by atoms with Crippen molar-refractivity contribution in [2.24, 2.45) is 5.73 Å². The minimum absolute atomic E-state index is 0. The predicted octanol–water partition coefficient (Wildman–Crippen LogP) is 4.74. The Kier molecular flexibility index (Phi) is 5.34. The number of halogens is 2. The molecule has 1 amide bonds. The summed E-state index contributed by atoms with van der Waals surface area (Å²) in [5.41, 5.74) is 7.94. The molecule has 1 unspecified atom stereocenters. The molecule has 0 spiro atoms. The van der Waals surface area contributed by atoms with Gasteiger partial charge in [-0.2, -0.15) is 0 Å². The van der Waals surface area contributed by atoms with E-state index in [1.165, 1.54) is 12.1 Å². The van der Waals surface area contributed by atoms with Crippen LogP contribution < -0.4 is 20.5 Å². The highest BCUT2D eigenvalue weighted by molar-refractivity contribution is 6.02. The third-order valence-electron chi connectivity index (χ3n) is 6.73. The average molecular weight is 490 g/mol. The second-order valence-electron chi connectivity index (χ2n) is 10.4. The number of carbonyl (C=O) groups is 1. The Hall–Kier alpha value is -3.17. The van der Waals surface area contributed by atoms with Crippen LogP contribution in [0.25, 0.3) is 10.9 Å². The van der Waals surface area contributed by atoms with Crippen molar-refractivity contribution in [3.63, 3.8) is 0 Å². The minimum Gasteiger partial charge on any atom is -0.395 e. The van der Waals surface area contributed by atoms with Gasteiger partial charge in [0.2, 0.25) is 5.91 Å². The smallest absolute Gasteiger partial charge is 0.395 e. The van der Waals surface area contributed by atoms with Crippen LogP contribution in [0.5, 0.6) is 11.5 Å². The molecule has 1 saturated carbocycles. The van der Waals surface area contributed by atoms with Gasteiger partial charge in [-0.1, -0.05) is 26.8 Å². The van der Waals surface area contributed by atoms with Crippen LogP contribution in [0.4, 0.5) is 14.5 Å². The van der Waals surface area contributed by atoms with E-state index in [9.17, 15) is 18.7 Å². The minimum atomic E-state index is -3.70. The molecule has 1 aromatic heterocycles. The number of nitrogens with one attached hydrogen (secondary N) is 1. The van der Waals surface area contributed by atoms with Crippen LogP contribution in [0.3, 0.4) is 0 Å². The van der Waals surface area contributed by atoms with Gasteiger partial charge in [-0.3, -0.25) is 4.79 Å². The zero-order chi connectivity index (χ0) is 25.2. The maximum Gasteiger partial charge on any atom is 0.586 e. The van der Waals surface area contributed by atoms with E-state index in [1.54, 1.807) is 6.07 Å². The highest BCUT2D eigenvalue weighted by atomic mass is 19.3. The third kappa shape index (κ3) is 4.23. The molecule has 5 rings (SSSR count). The number of hydrogen-bond acceptors (Lipinski definition) is 5. The first kappa shape index (κ1) is 23.6. The van der Waals surface area contributed by atoms with Crippen molar-refractivity contribution < 1.29 is 31.0 Å². The first-order valence-electron chi connectivity index (χ1n) is 11.7. The first-order chi connectivity index (χ1) is 16.4. The molecule has 1 fully saturated rings. The number of rotatable bonds is 6. The van der Waals surface area contributed by atoms with Crippen LogP contribution in [0.15, 0.2) is 42.5 Å². The number of amides is 1. The number of aliphatic hydroxyl groups excluding tert-OH is 1. The summed E-state index contributed by atoms with van der Waals surface area (Å²) in [5.74, 6) is -0.306. The number of hydrogen-bond donors (Lipinski definition) is 3. The Morgan fingerprint density at radius 1 is 1.17 bits per heavy atom. The number of fused-ring (bicyclic) bond motifs is 2. The van der Waals surface area contributed by atoms with Crippen LogP contribution in [0.1, 0.15) is 47.7 Å². The molecular weight excluding hydrogens is 456 g/mol. The van der Waals surface area contributed by atoms with Gasteiger partial charge in [-0.05, 0) is 54.8 Å².